The first-order valence-electron chi connectivity index (χ1n) is 7.86. The highest BCUT2D eigenvalue weighted by Gasteiger charge is 2.36. The van der Waals surface area contributed by atoms with E-state index in [9.17, 15) is 8.42 Å². The Morgan fingerprint density at radius 2 is 2.25 bits per heavy atom. The van der Waals surface area contributed by atoms with Crippen LogP contribution in [-0.2, 0) is 34.3 Å². The Morgan fingerprint density at radius 1 is 1.42 bits per heavy atom. The summed E-state index contributed by atoms with van der Waals surface area (Å²) in [6.07, 6.45) is 5.26. The summed E-state index contributed by atoms with van der Waals surface area (Å²) in [5.74, 6) is 0. The van der Waals surface area contributed by atoms with E-state index in [0.717, 1.165) is 11.3 Å². The van der Waals surface area contributed by atoms with Crippen LogP contribution in [0, 0.1) is 0 Å². The van der Waals surface area contributed by atoms with Gasteiger partial charge in [0.1, 0.15) is 5.69 Å². The zero-order chi connectivity index (χ0) is 17.2. The summed E-state index contributed by atoms with van der Waals surface area (Å²) < 4.78 is 33.3. The Bertz CT molecular complexity index is 791. The summed E-state index contributed by atoms with van der Waals surface area (Å²) in [6.45, 7) is 3.73. The number of hydrogen-bond donors (Lipinski definition) is 0. The molecule has 0 aliphatic carbocycles. The Labute approximate surface area is 141 Å². The third-order valence-electron chi connectivity index (χ3n) is 4.09. The van der Waals surface area contributed by atoms with Crippen molar-refractivity contribution in [1.29, 1.82) is 0 Å². The van der Waals surface area contributed by atoms with Crippen LogP contribution in [0.5, 0.6) is 0 Å². The lowest BCUT2D eigenvalue weighted by Gasteiger charge is -2.32. The van der Waals surface area contributed by atoms with Gasteiger partial charge in [0.25, 0.3) is 0 Å². The molecule has 2 aromatic rings. The first-order chi connectivity index (χ1) is 11.5. The minimum Gasteiger partial charge on any atom is -0.375 e. The molecule has 1 atom stereocenters. The van der Waals surface area contributed by atoms with E-state index in [1.807, 2.05) is 23.7 Å². The summed E-state index contributed by atoms with van der Waals surface area (Å²) >= 11 is 0. The van der Waals surface area contributed by atoms with Crippen molar-refractivity contribution in [2.45, 2.75) is 32.5 Å². The molecule has 3 rings (SSSR count). The Kier molecular flexibility index (Phi) is 4.93. The van der Waals surface area contributed by atoms with Gasteiger partial charge in [0.05, 0.1) is 31.2 Å². The maximum Gasteiger partial charge on any atom is 0.211 e. The molecule has 24 heavy (non-hydrogen) atoms. The third kappa shape index (κ3) is 3.47. The van der Waals surface area contributed by atoms with E-state index in [-0.39, 0.29) is 6.61 Å². The fraction of sp³-hybridized carbons (Fsp3) is 0.533. The van der Waals surface area contributed by atoms with Crippen LogP contribution in [0.2, 0.25) is 0 Å². The lowest BCUT2D eigenvalue weighted by Crippen LogP contribution is -2.41. The Balaban J connectivity index is 1.79. The quantitative estimate of drug-likeness (QED) is 0.763. The Morgan fingerprint density at radius 3 is 2.92 bits per heavy atom. The van der Waals surface area contributed by atoms with Gasteiger partial charge in [0, 0.05) is 31.9 Å². The number of rotatable bonds is 6. The number of pyridine rings is 1. The van der Waals surface area contributed by atoms with Crippen molar-refractivity contribution in [3.8, 4) is 0 Å². The van der Waals surface area contributed by atoms with E-state index in [2.05, 4.69) is 15.3 Å². The smallest absolute Gasteiger partial charge is 0.211 e. The predicted molar refractivity (Wildman–Crippen MR) is 87.6 cm³/mol. The Hall–Kier alpha value is -1.84. The highest BCUT2D eigenvalue weighted by molar-refractivity contribution is 7.88. The monoisotopic (exact) mass is 351 g/mol. The fourth-order valence-electron chi connectivity index (χ4n) is 2.96. The van der Waals surface area contributed by atoms with Crippen LogP contribution in [0.15, 0.2) is 24.5 Å². The van der Waals surface area contributed by atoms with E-state index in [4.69, 9.17) is 4.74 Å². The van der Waals surface area contributed by atoms with Crippen molar-refractivity contribution in [2.75, 3.05) is 19.4 Å². The van der Waals surface area contributed by atoms with Crippen LogP contribution < -0.4 is 0 Å². The maximum atomic E-state index is 12.1. The van der Waals surface area contributed by atoms with Gasteiger partial charge < -0.3 is 4.74 Å². The molecule has 130 valence electrons. The van der Waals surface area contributed by atoms with Gasteiger partial charge in [-0.2, -0.15) is 4.31 Å². The van der Waals surface area contributed by atoms with Crippen LogP contribution in [-0.4, -0.2) is 52.1 Å². The second-order valence-electron chi connectivity index (χ2n) is 5.75. The molecule has 0 amide bonds. The van der Waals surface area contributed by atoms with Crippen LogP contribution >= 0.6 is 0 Å². The standard InChI is InChI=1S/C15H21N5O3S/c1-3-19-13-6-8-20(24(2,21)22)14(15(13)17-18-19)11-23-10-12-5-4-7-16-9-12/h4-5,7,9,14H,3,6,8,10-11H2,1-2H3. The van der Waals surface area contributed by atoms with Gasteiger partial charge in [0.2, 0.25) is 10.0 Å². The zero-order valence-electron chi connectivity index (χ0n) is 13.8. The minimum absolute atomic E-state index is 0.234. The molecule has 0 aromatic carbocycles. The van der Waals surface area contributed by atoms with E-state index in [0.29, 0.717) is 31.8 Å². The summed E-state index contributed by atoms with van der Waals surface area (Å²) in [7, 11) is -3.35. The summed E-state index contributed by atoms with van der Waals surface area (Å²) in [5, 5.41) is 8.34. The molecule has 0 spiro atoms. The number of nitrogens with zero attached hydrogens (tertiary/aromatic N) is 5. The number of sulfonamides is 1. The molecule has 0 saturated carbocycles. The van der Waals surface area contributed by atoms with Crippen molar-refractivity contribution < 1.29 is 13.2 Å². The van der Waals surface area contributed by atoms with Gasteiger partial charge >= 0.3 is 0 Å². The van der Waals surface area contributed by atoms with Crippen molar-refractivity contribution in [3.63, 3.8) is 0 Å². The number of hydrogen-bond acceptors (Lipinski definition) is 6. The van der Waals surface area contributed by atoms with Gasteiger partial charge in [-0.1, -0.05) is 11.3 Å². The van der Waals surface area contributed by atoms with Gasteiger partial charge in [-0.05, 0) is 18.6 Å². The lowest BCUT2D eigenvalue weighted by atomic mass is 10.1. The largest absolute Gasteiger partial charge is 0.375 e. The topological polar surface area (TPSA) is 90.2 Å². The van der Waals surface area contributed by atoms with Crippen LogP contribution in [0.25, 0.3) is 0 Å². The molecule has 9 heteroatoms. The number of fused-ring (bicyclic) bond motifs is 1. The molecule has 1 aliphatic rings. The molecule has 2 aromatic heterocycles. The molecule has 0 saturated heterocycles. The third-order valence-corrected chi connectivity index (χ3v) is 5.38. The number of aromatic nitrogens is 4. The summed E-state index contributed by atoms with van der Waals surface area (Å²) in [6, 6.07) is 3.31. The average Bonchev–Trinajstić information content (AvgIpc) is 2.98. The van der Waals surface area contributed by atoms with Crippen molar-refractivity contribution in [1.82, 2.24) is 24.3 Å². The SMILES string of the molecule is CCn1nnc2c1CCN(S(C)(=O)=O)C2COCc1cccnc1. The van der Waals surface area contributed by atoms with E-state index < -0.39 is 16.1 Å². The lowest BCUT2D eigenvalue weighted by molar-refractivity contribution is 0.0721. The van der Waals surface area contributed by atoms with Crippen LogP contribution in [0.3, 0.4) is 0 Å². The zero-order valence-corrected chi connectivity index (χ0v) is 14.6. The average molecular weight is 351 g/mol. The normalized spacial score (nSPS) is 18.5. The van der Waals surface area contributed by atoms with E-state index >= 15 is 0 Å². The second-order valence-corrected chi connectivity index (χ2v) is 7.69. The van der Waals surface area contributed by atoms with Gasteiger partial charge in [-0.3, -0.25) is 4.98 Å². The summed E-state index contributed by atoms with van der Waals surface area (Å²) in [5.41, 5.74) is 2.63. The first-order valence-corrected chi connectivity index (χ1v) is 9.71. The molecule has 1 unspecified atom stereocenters. The van der Waals surface area contributed by atoms with E-state index in [1.165, 1.54) is 10.6 Å². The van der Waals surface area contributed by atoms with Crippen LogP contribution in [0.4, 0.5) is 0 Å². The molecule has 3 heterocycles. The highest BCUT2D eigenvalue weighted by atomic mass is 32.2. The molecule has 8 nitrogen and oxygen atoms in total. The fourth-order valence-corrected chi connectivity index (χ4v) is 4.00. The minimum atomic E-state index is -3.35. The van der Waals surface area contributed by atoms with Crippen molar-refractivity contribution in [3.05, 3.63) is 41.5 Å². The van der Waals surface area contributed by atoms with Crippen LogP contribution in [0.1, 0.15) is 29.9 Å². The van der Waals surface area contributed by atoms with Crippen molar-refractivity contribution >= 4 is 10.0 Å². The molecule has 1 aliphatic heterocycles. The molecular weight excluding hydrogens is 330 g/mol. The highest BCUT2D eigenvalue weighted by Crippen LogP contribution is 2.30. The molecule has 0 radical (unpaired) electrons. The van der Waals surface area contributed by atoms with E-state index in [1.54, 1.807) is 12.4 Å². The second kappa shape index (κ2) is 6.96. The molecule has 0 N–H and O–H groups in total. The number of ether oxygens (including phenoxy) is 1. The van der Waals surface area contributed by atoms with Gasteiger partial charge in [0.15, 0.2) is 0 Å². The molecular formula is C15H21N5O3S. The van der Waals surface area contributed by atoms with Gasteiger partial charge in [-0.15, -0.1) is 5.10 Å². The summed E-state index contributed by atoms with van der Waals surface area (Å²) in [4.78, 5) is 4.04. The molecule has 0 bridgehead atoms. The van der Waals surface area contributed by atoms with Crippen molar-refractivity contribution in [2.24, 2.45) is 0 Å². The predicted octanol–water partition coefficient (Wildman–Crippen LogP) is 0.769. The number of aryl methyl sites for hydroxylation is 1. The maximum absolute atomic E-state index is 12.1. The first kappa shape index (κ1) is 17.0. The molecule has 0 fully saturated rings. The van der Waals surface area contributed by atoms with Gasteiger partial charge in [-0.25, -0.2) is 13.1 Å².